The van der Waals surface area contributed by atoms with Crippen molar-refractivity contribution >= 4 is 11.6 Å². The van der Waals surface area contributed by atoms with Gasteiger partial charge in [0.2, 0.25) is 0 Å². The highest BCUT2D eigenvalue weighted by molar-refractivity contribution is 5.94. The zero-order valence-electron chi connectivity index (χ0n) is 13.0. The standard InChI is InChI=1S/C16H26N2O2/c1-12(2)7-9-20-10-8-18-16(19)14-5-6-15(17-4)13(3)11-14/h5-6,11-12,17H,7-10H2,1-4H3,(H,18,19). The summed E-state index contributed by atoms with van der Waals surface area (Å²) in [5, 5.41) is 5.95. The molecular weight excluding hydrogens is 252 g/mol. The van der Waals surface area contributed by atoms with Crippen LogP contribution in [0.15, 0.2) is 18.2 Å². The van der Waals surface area contributed by atoms with Gasteiger partial charge in [0.1, 0.15) is 0 Å². The number of nitrogens with one attached hydrogen (secondary N) is 2. The Morgan fingerprint density at radius 2 is 2.05 bits per heavy atom. The van der Waals surface area contributed by atoms with Gasteiger partial charge < -0.3 is 15.4 Å². The SMILES string of the molecule is CNc1ccc(C(=O)NCCOCCC(C)C)cc1C. The third-order valence-electron chi connectivity index (χ3n) is 3.13. The van der Waals surface area contributed by atoms with Crippen LogP contribution in [0.5, 0.6) is 0 Å². The summed E-state index contributed by atoms with van der Waals surface area (Å²) < 4.78 is 5.47. The lowest BCUT2D eigenvalue weighted by Crippen LogP contribution is -2.27. The van der Waals surface area contributed by atoms with Crippen molar-refractivity contribution in [3.8, 4) is 0 Å². The Kier molecular flexibility index (Phi) is 7.09. The summed E-state index contributed by atoms with van der Waals surface area (Å²) in [4.78, 5) is 12.0. The Bertz CT molecular complexity index is 430. The monoisotopic (exact) mass is 278 g/mol. The van der Waals surface area contributed by atoms with Gasteiger partial charge in [-0.3, -0.25) is 4.79 Å². The highest BCUT2D eigenvalue weighted by atomic mass is 16.5. The zero-order valence-corrected chi connectivity index (χ0v) is 13.0. The van der Waals surface area contributed by atoms with Crippen molar-refractivity contribution in [2.75, 3.05) is 32.1 Å². The lowest BCUT2D eigenvalue weighted by atomic mass is 10.1. The number of ether oxygens (including phenoxy) is 1. The highest BCUT2D eigenvalue weighted by Gasteiger charge is 2.06. The van der Waals surface area contributed by atoms with Crippen LogP contribution in [-0.4, -0.2) is 32.7 Å². The molecule has 0 heterocycles. The van der Waals surface area contributed by atoms with Gasteiger partial charge in [0.15, 0.2) is 0 Å². The minimum atomic E-state index is -0.0526. The Morgan fingerprint density at radius 1 is 1.30 bits per heavy atom. The largest absolute Gasteiger partial charge is 0.388 e. The molecule has 0 aliphatic heterocycles. The molecule has 0 fully saturated rings. The normalized spacial score (nSPS) is 10.7. The molecule has 0 aliphatic carbocycles. The molecule has 2 N–H and O–H groups in total. The number of amides is 1. The van der Waals surface area contributed by atoms with Gasteiger partial charge in [0.05, 0.1) is 6.61 Å². The molecule has 1 rings (SSSR count). The van der Waals surface area contributed by atoms with Crippen LogP contribution in [0.25, 0.3) is 0 Å². The van der Waals surface area contributed by atoms with E-state index in [9.17, 15) is 4.79 Å². The summed E-state index contributed by atoms with van der Waals surface area (Å²) in [7, 11) is 1.87. The number of anilines is 1. The minimum Gasteiger partial charge on any atom is -0.388 e. The predicted octanol–water partition coefficient (Wildman–Crippen LogP) is 2.83. The maximum atomic E-state index is 12.0. The van der Waals surface area contributed by atoms with E-state index < -0.39 is 0 Å². The zero-order chi connectivity index (χ0) is 15.0. The van der Waals surface area contributed by atoms with E-state index in [-0.39, 0.29) is 5.91 Å². The molecule has 1 amide bonds. The highest BCUT2D eigenvalue weighted by Crippen LogP contribution is 2.15. The molecule has 1 aromatic carbocycles. The van der Waals surface area contributed by atoms with Crippen LogP contribution >= 0.6 is 0 Å². The molecule has 0 radical (unpaired) electrons. The van der Waals surface area contributed by atoms with Crippen LogP contribution in [0.4, 0.5) is 5.69 Å². The van der Waals surface area contributed by atoms with Gasteiger partial charge in [-0.25, -0.2) is 0 Å². The van der Waals surface area contributed by atoms with Crippen molar-refractivity contribution in [2.45, 2.75) is 27.2 Å². The molecule has 0 unspecified atom stereocenters. The van der Waals surface area contributed by atoms with Crippen molar-refractivity contribution in [1.82, 2.24) is 5.32 Å². The number of hydrogen-bond acceptors (Lipinski definition) is 3. The van der Waals surface area contributed by atoms with Crippen LogP contribution in [0.1, 0.15) is 36.2 Å². The maximum absolute atomic E-state index is 12.0. The smallest absolute Gasteiger partial charge is 0.251 e. The number of hydrogen-bond donors (Lipinski definition) is 2. The Hall–Kier alpha value is -1.55. The number of rotatable bonds is 8. The van der Waals surface area contributed by atoms with Gasteiger partial charge in [0.25, 0.3) is 5.91 Å². The molecule has 0 saturated carbocycles. The van der Waals surface area contributed by atoms with E-state index in [2.05, 4.69) is 24.5 Å². The van der Waals surface area contributed by atoms with Crippen molar-refractivity contribution in [1.29, 1.82) is 0 Å². The molecule has 0 bridgehead atoms. The topological polar surface area (TPSA) is 50.4 Å². The van der Waals surface area contributed by atoms with Crippen molar-refractivity contribution in [3.05, 3.63) is 29.3 Å². The summed E-state index contributed by atoms with van der Waals surface area (Å²) in [6.45, 7) is 8.18. The van der Waals surface area contributed by atoms with Crippen LogP contribution in [0, 0.1) is 12.8 Å². The molecule has 0 aliphatic rings. The molecule has 0 saturated heterocycles. The molecule has 0 atom stereocenters. The van der Waals surface area contributed by atoms with Crippen molar-refractivity contribution in [2.24, 2.45) is 5.92 Å². The first-order valence-corrected chi connectivity index (χ1v) is 7.19. The molecule has 0 spiro atoms. The molecule has 4 nitrogen and oxygen atoms in total. The average Bonchev–Trinajstić information content (AvgIpc) is 2.42. The molecule has 1 aromatic rings. The second-order valence-corrected chi connectivity index (χ2v) is 5.33. The van der Waals surface area contributed by atoms with Gasteiger partial charge in [-0.2, -0.15) is 0 Å². The first-order valence-electron chi connectivity index (χ1n) is 7.19. The van der Waals surface area contributed by atoms with E-state index in [1.165, 1.54) is 0 Å². The van der Waals surface area contributed by atoms with Crippen molar-refractivity contribution < 1.29 is 9.53 Å². The van der Waals surface area contributed by atoms with Gasteiger partial charge >= 0.3 is 0 Å². The van der Waals surface area contributed by atoms with Gasteiger partial charge in [0, 0.05) is 31.5 Å². The van der Waals surface area contributed by atoms with Gasteiger partial charge in [-0.05, 0) is 43.0 Å². The summed E-state index contributed by atoms with van der Waals surface area (Å²) in [5.74, 6) is 0.599. The summed E-state index contributed by atoms with van der Waals surface area (Å²) >= 11 is 0. The van der Waals surface area contributed by atoms with Gasteiger partial charge in [-0.1, -0.05) is 13.8 Å². The molecule has 112 valence electrons. The second-order valence-electron chi connectivity index (χ2n) is 5.33. The fourth-order valence-corrected chi connectivity index (χ4v) is 1.85. The number of carbonyl (C=O) groups excluding carboxylic acids is 1. The maximum Gasteiger partial charge on any atom is 0.251 e. The van der Waals surface area contributed by atoms with Crippen molar-refractivity contribution in [3.63, 3.8) is 0 Å². The van der Waals surface area contributed by atoms with E-state index in [1.807, 2.05) is 32.2 Å². The lowest BCUT2D eigenvalue weighted by molar-refractivity contribution is 0.0906. The average molecular weight is 278 g/mol. The Morgan fingerprint density at radius 3 is 2.65 bits per heavy atom. The Balaban J connectivity index is 2.31. The van der Waals surface area contributed by atoms with E-state index in [4.69, 9.17) is 4.74 Å². The third kappa shape index (κ3) is 5.61. The molecule has 20 heavy (non-hydrogen) atoms. The minimum absolute atomic E-state index is 0.0526. The first kappa shape index (κ1) is 16.5. The number of carbonyl (C=O) groups is 1. The molecule has 0 aromatic heterocycles. The van der Waals surface area contributed by atoms with Gasteiger partial charge in [-0.15, -0.1) is 0 Å². The summed E-state index contributed by atoms with van der Waals surface area (Å²) in [6, 6.07) is 5.64. The first-order chi connectivity index (χ1) is 9.54. The van der Waals surface area contributed by atoms with E-state index in [0.717, 1.165) is 24.3 Å². The lowest BCUT2D eigenvalue weighted by Gasteiger charge is -2.10. The third-order valence-corrected chi connectivity index (χ3v) is 3.13. The van der Waals surface area contributed by atoms with E-state index in [1.54, 1.807) is 0 Å². The van der Waals surface area contributed by atoms with E-state index in [0.29, 0.717) is 24.6 Å². The van der Waals surface area contributed by atoms with Crippen LogP contribution in [0.3, 0.4) is 0 Å². The fraction of sp³-hybridized carbons (Fsp3) is 0.562. The fourth-order valence-electron chi connectivity index (χ4n) is 1.85. The number of benzene rings is 1. The second kappa shape index (κ2) is 8.59. The Labute approximate surface area is 121 Å². The van der Waals surface area contributed by atoms with Crippen LogP contribution in [0.2, 0.25) is 0 Å². The summed E-state index contributed by atoms with van der Waals surface area (Å²) in [6.07, 6.45) is 1.05. The number of aryl methyl sites for hydroxylation is 1. The molecular formula is C16H26N2O2. The molecule has 4 heteroatoms. The summed E-state index contributed by atoms with van der Waals surface area (Å²) in [5.41, 5.74) is 2.79. The van der Waals surface area contributed by atoms with Crippen LogP contribution < -0.4 is 10.6 Å². The quantitative estimate of drug-likeness (QED) is 0.719. The van der Waals surface area contributed by atoms with E-state index >= 15 is 0 Å². The predicted molar refractivity (Wildman–Crippen MR) is 83.3 cm³/mol. The van der Waals surface area contributed by atoms with Crippen LogP contribution in [-0.2, 0) is 4.74 Å².